The molecule has 0 radical (unpaired) electrons. The molecule has 0 bridgehead atoms. The lowest BCUT2D eigenvalue weighted by Crippen LogP contribution is -2.48. The monoisotopic (exact) mass is 535 g/mol. The molecular weight excluding hydrogens is 494 g/mol. The van der Waals surface area contributed by atoms with Crippen LogP contribution in [0, 0.1) is 0 Å². The summed E-state index contributed by atoms with van der Waals surface area (Å²) in [5, 5.41) is 18.7. The van der Waals surface area contributed by atoms with Crippen LogP contribution in [0.4, 0.5) is 0 Å². The molecule has 0 amide bonds. The molecule has 1 saturated heterocycles. The summed E-state index contributed by atoms with van der Waals surface area (Å²) >= 11 is 0. The number of carboxylic acid groups (broad SMARTS) is 1. The first kappa shape index (κ1) is 27.8. The molecule has 8 heteroatoms. The van der Waals surface area contributed by atoms with Crippen molar-refractivity contribution in [2.45, 2.75) is 37.5 Å². The Morgan fingerprint density at radius 3 is 2.46 bits per heavy atom. The highest BCUT2D eigenvalue weighted by Gasteiger charge is 2.34. The summed E-state index contributed by atoms with van der Waals surface area (Å²) < 4.78 is 11.4. The predicted molar refractivity (Wildman–Crippen MR) is 151 cm³/mol. The van der Waals surface area contributed by atoms with Crippen molar-refractivity contribution in [3.05, 3.63) is 77.4 Å². The minimum absolute atomic E-state index is 0.0928. The first-order valence-electron chi connectivity index (χ1n) is 14.2. The van der Waals surface area contributed by atoms with Crippen LogP contribution in [0.3, 0.4) is 0 Å². The number of hydrogen-bond donors (Lipinski definition) is 2. The van der Waals surface area contributed by atoms with Gasteiger partial charge in [0, 0.05) is 51.9 Å². The Labute approximate surface area is 231 Å². The van der Waals surface area contributed by atoms with E-state index in [1.165, 1.54) is 16.7 Å². The summed E-state index contributed by atoms with van der Waals surface area (Å²) in [6.45, 7) is 7.51. The van der Waals surface area contributed by atoms with Crippen LogP contribution in [0.1, 0.15) is 30.0 Å². The average molecular weight is 536 g/mol. The molecular formula is C31H41N3O5. The molecule has 210 valence electrons. The minimum atomic E-state index is -0.920. The number of fused-ring (bicyclic) bond motifs is 1. The van der Waals surface area contributed by atoms with Gasteiger partial charge in [-0.25, -0.2) is 4.79 Å². The van der Waals surface area contributed by atoms with Crippen molar-refractivity contribution in [2.24, 2.45) is 0 Å². The smallest absolute Gasteiger partial charge is 0.329 e. The molecule has 3 atom stereocenters. The maximum Gasteiger partial charge on any atom is 0.329 e. The number of carboxylic acids is 1. The molecule has 39 heavy (non-hydrogen) atoms. The van der Waals surface area contributed by atoms with Gasteiger partial charge in [-0.15, -0.1) is 0 Å². The largest absolute Gasteiger partial charge is 0.508 e. The Morgan fingerprint density at radius 2 is 1.77 bits per heavy atom. The number of aromatic hydroxyl groups is 1. The van der Waals surface area contributed by atoms with Gasteiger partial charge in [0.2, 0.25) is 0 Å². The summed E-state index contributed by atoms with van der Waals surface area (Å²) in [4.78, 5) is 17.9. The highest BCUT2D eigenvalue weighted by molar-refractivity contribution is 5.67. The highest BCUT2D eigenvalue weighted by Crippen LogP contribution is 2.40. The third-order valence-electron chi connectivity index (χ3n) is 8.16. The number of phenols is 1. The number of allylic oxidation sites excluding steroid dienone is 2. The van der Waals surface area contributed by atoms with Crippen molar-refractivity contribution in [3.63, 3.8) is 0 Å². The van der Waals surface area contributed by atoms with Crippen LogP contribution in [0.25, 0.3) is 0 Å². The third-order valence-corrected chi connectivity index (χ3v) is 8.16. The van der Waals surface area contributed by atoms with Gasteiger partial charge >= 0.3 is 5.97 Å². The fourth-order valence-corrected chi connectivity index (χ4v) is 6.04. The van der Waals surface area contributed by atoms with E-state index in [9.17, 15) is 9.90 Å². The van der Waals surface area contributed by atoms with E-state index in [1.54, 1.807) is 0 Å². The molecule has 3 unspecified atom stereocenters. The molecule has 2 heterocycles. The molecule has 2 aliphatic heterocycles. The van der Waals surface area contributed by atoms with E-state index in [4.69, 9.17) is 14.6 Å². The molecule has 1 aromatic rings. The van der Waals surface area contributed by atoms with Gasteiger partial charge in [-0.2, -0.15) is 0 Å². The Kier molecular flexibility index (Phi) is 9.66. The van der Waals surface area contributed by atoms with Gasteiger partial charge in [0.25, 0.3) is 0 Å². The Bertz CT molecular complexity index is 1110. The van der Waals surface area contributed by atoms with E-state index in [2.05, 4.69) is 63.3 Å². The van der Waals surface area contributed by atoms with E-state index >= 15 is 0 Å². The quantitative estimate of drug-likeness (QED) is 0.418. The summed E-state index contributed by atoms with van der Waals surface area (Å²) in [5.41, 5.74) is 3.85. The lowest BCUT2D eigenvalue weighted by molar-refractivity contribution is -0.142. The molecule has 0 spiro atoms. The number of phenolic OH excluding ortho intramolecular Hbond substituents is 1. The molecule has 2 N–H and O–H groups in total. The van der Waals surface area contributed by atoms with Crippen molar-refractivity contribution in [2.75, 3.05) is 65.6 Å². The molecule has 5 rings (SSSR count). The van der Waals surface area contributed by atoms with Crippen molar-refractivity contribution in [1.29, 1.82) is 0 Å². The van der Waals surface area contributed by atoms with Crippen molar-refractivity contribution in [3.8, 4) is 5.75 Å². The summed E-state index contributed by atoms with van der Waals surface area (Å²) in [6.07, 6.45) is 18.6. The lowest BCUT2D eigenvalue weighted by atomic mass is 9.84. The van der Waals surface area contributed by atoms with Gasteiger partial charge in [0.15, 0.2) is 0 Å². The number of rotatable bonds is 11. The van der Waals surface area contributed by atoms with E-state index in [1.807, 2.05) is 12.1 Å². The number of carbonyl (C=O) groups is 1. The molecule has 8 nitrogen and oxygen atoms in total. The fraction of sp³-hybridized carbons (Fsp3) is 0.516. The second kappa shape index (κ2) is 13.5. The number of benzene rings is 1. The van der Waals surface area contributed by atoms with Crippen molar-refractivity contribution < 1.29 is 24.5 Å². The summed E-state index contributed by atoms with van der Waals surface area (Å²) in [7, 11) is 0. The Hall–Kier alpha value is -2.75. The van der Waals surface area contributed by atoms with Crippen LogP contribution < -0.4 is 0 Å². The topological polar surface area (TPSA) is 85.7 Å². The minimum Gasteiger partial charge on any atom is -0.508 e. The van der Waals surface area contributed by atoms with Crippen LogP contribution >= 0.6 is 0 Å². The zero-order valence-electron chi connectivity index (χ0n) is 22.7. The van der Waals surface area contributed by atoms with E-state index < -0.39 is 5.97 Å². The molecule has 2 aliphatic carbocycles. The van der Waals surface area contributed by atoms with Gasteiger partial charge in [0.05, 0.1) is 25.4 Å². The van der Waals surface area contributed by atoms with Crippen LogP contribution in [-0.4, -0.2) is 109 Å². The van der Waals surface area contributed by atoms with Gasteiger partial charge in [-0.3, -0.25) is 14.7 Å². The predicted octanol–water partition coefficient (Wildman–Crippen LogP) is 3.17. The highest BCUT2D eigenvalue weighted by atomic mass is 16.5. The van der Waals surface area contributed by atoms with Crippen molar-refractivity contribution in [1.82, 2.24) is 14.7 Å². The van der Waals surface area contributed by atoms with Crippen molar-refractivity contribution >= 4 is 5.97 Å². The fourth-order valence-electron chi connectivity index (χ4n) is 6.04. The van der Waals surface area contributed by atoms with E-state index in [0.29, 0.717) is 25.0 Å². The maximum atomic E-state index is 10.5. The Morgan fingerprint density at radius 1 is 0.974 bits per heavy atom. The molecule has 4 aliphatic rings. The summed E-state index contributed by atoms with van der Waals surface area (Å²) in [5.74, 6) is -0.578. The first-order valence-corrected chi connectivity index (χ1v) is 14.2. The number of piperazine rings is 1. The van der Waals surface area contributed by atoms with Gasteiger partial charge in [-0.1, -0.05) is 48.6 Å². The molecule has 1 fully saturated rings. The lowest BCUT2D eigenvalue weighted by Gasteiger charge is -2.43. The Balaban J connectivity index is 1.10. The van der Waals surface area contributed by atoms with Gasteiger partial charge in [0.1, 0.15) is 12.4 Å². The number of hydrogen-bond acceptors (Lipinski definition) is 7. The molecule has 0 aromatic heterocycles. The first-order chi connectivity index (χ1) is 19.1. The molecule has 1 aromatic carbocycles. The SMILES string of the molecule is O=C(O)COCCN1CCN(CCOC2C=CC(C3c4ccc(O)cc4CCN3C3C=CC=CC3)=CC2)CC1. The summed E-state index contributed by atoms with van der Waals surface area (Å²) in [6, 6.07) is 6.41. The van der Waals surface area contributed by atoms with Gasteiger partial charge in [-0.05, 0) is 48.1 Å². The van der Waals surface area contributed by atoms with Crippen LogP contribution in [0.5, 0.6) is 5.75 Å². The maximum absolute atomic E-state index is 10.5. The number of aliphatic carboxylic acids is 1. The number of nitrogens with zero attached hydrogens (tertiary/aromatic N) is 3. The zero-order chi connectivity index (χ0) is 27.0. The van der Waals surface area contributed by atoms with E-state index in [0.717, 1.165) is 65.1 Å². The second-order valence-corrected chi connectivity index (χ2v) is 10.7. The van der Waals surface area contributed by atoms with Crippen LogP contribution in [0.15, 0.2) is 66.3 Å². The average Bonchev–Trinajstić information content (AvgIpc) is 2.96. The van der Waals surface area contributed by atoms with Crippen LogP contribution in [0.2, 0.25) is 0 Å². The zero-order valence-corrected chi connectivity index (χ0v) is 22.7. The van der Waals surface area contributed by atoms with Crippen LogP contribution in [-0.2, 0) is 20.7 Å². The second-order valence-electron chi connectivity index (χ2n) is 10.7. The number of ether oxygens (including phenoxy) is 2. The molecule has 0 saturated carbocycles. The standard InChI is InChI=1S/C31H41N3O5/c35-27-8-11-29-25(22-27)12-13-34(26-4-2-1-3-5-26)31(29)24-6-9-28(10-7-24)39-21-19-33-16-14-32(15-17-33)18-20-38-23-30(36)37/h1-4,6-9,11,22,26,28,31,35H,5,10,12-21,23H2,(H,36,37). The van der Waals surface area contributed by atoms with Gasteiger partial charge < -0.3 is 19.7 Å². The van der Waals surface area contributed by atoms with E-state index in [-0.39, 0.29) is 18.8 Å². The normalized spacial score (nSPS) is 25.9. The third kappa shape index (κ3) is 7.47.